The van der Waals surface area contributed by atoms with Crippen LogP contribution in [0, 0.1) is 27.7 Å². The topological polar surface area (TPSA) is 46.4 Å². The number of aromatic nitrogens is 3. The van der Waals surface area contributed by atoms with E-state index in [0.717, 1.165) is 56.6 Å². The molecule has 7 aromatic rings. The maximum Gasteiger partial charge on any atom is 0.158 e. The molecule has 0 spiro atoms. The van der Waals surface area contributed by atoms with E-state index in [9.17, 15) is 0 Å². The lowest BCUT2D eigenvalue weighted by Gasteiger charge is -2.25. The smallest absolute Gasteiger partial charge is 0.158 e. The van der Waals surface area contributed by atoms with Crippen molar-refractivity contribution in [3.05, 3.63) is 138 Å². The maximum absolute atomic E-state index is 6.55. The van der Waals surface area contributed by atoms with Crippen LogP contribution < -0.4 is 14.5 Å². The van der Waals surface area contributed by atoms with Crippen LogP contribution in [0.5, 0.6) is 11.5 Å². The third-order valence-electron chi connectivity index (χ3n) is 8.62. The van der Waals surface area contributed by atoms with E-state index in [0.29, 0.717) is 6.67 Å². The highest BCUT2D eigenvalue weighted by molar-refractivity contribution is 6.09. The number of hydrogen-bond acceptors (Lipinski definition) is 5. The van der Waals surface area contributed by atoms with E-state index >= 15 is 0 Å². The maximum atomic E-state index is 6.55. The summed E-state index contributed by atoms with van der Waals surface area (Å²) in [5.41, 5.74) is 10.3. The van der Waals surface area contributed by atoms with Gasteiger partial charge in [-0.1, -0.05) is 48.0 Å². The SMILES string of the molecule is Cc1cc(C)c(N2CN(c3cccc(Oc4ccc5c6ccccc6n(-c6ccccn6)c5c4)c3)c3nc(C)ccc32)c(C)c1. The molecule has 0 N–H and O–H groups in total. The van der Waals surface area contributed by atoms with Gasteiger partial charge in [0, 0.05) is 46.2 Å². The Morgan fingerprint density at radius 2 is 1.42 bits per heavy atom. The summed E-state index contributed by atoms with van der Waals surface area (Å²) >= 11 is 0. The first-order valence-electron chi connectivity index (χ1n) is 15.3. The minimum Gasteiger partial charge on any atom is -0.457 e. The molecule has 0 saturated heterocycles. The van der Waals surface area contributed by atoms with Gasteiger partial charge >= 0.3 is 0 Å². The molecule has 0 aliphatic carbocycles. The monoisotopic (exact) mass is 587 g/mol. The minimum atomic E-state index is 0.663. The lowest BCUT2D eigenvalue weighted by molar-refractivity contribution is 0.483. The van der Waals surface area contributed by atoms with Gasteiger partial charge in [-0.05, 0) is 93.4 Å². The van der Waals surface area contributed by atoms with Crippen LogP contribution in [0.4, 0.5) is 22.9 Å². The fourth-order valence-electron chi connectivity index (χ4n) is 6.82. The first-order chi connectivity index (χ1) is 21.9. The van der Waals surface area contributed by atoms with Gasteiger partial charge < -0.3 is 14.5 Å². The standard InChI is InChI=1S/C39H33N5O/c1-25-20-26(2)38(27(3)21-25)43-24-42(39-35(43)18-15-28(4)41-39)29-10-9-11-30(22-29)45-31-16-17-33-32-12-5-6-13-34(32)44(36(33)23-31)37-14-7-8-19-40-37/h5-23H,24H2,1-4H3. The molecule has 1 aliphatic heterocycles. The largest absolute Gasteiger partial charge is 0.457 e. The van der Waals surface area contributed by atoms with Crippen molar-refractivity contribution in [2.45, 2.75) is 27.7 Å². The van der Waals surface area contributed by atoms with Crippen molar-refractivity contribution in [1.82, 2.24) is 14.5 Å². The van der Waals surface area contributed by atoms with Crippen LogP contribution in [-0.2, 0) is 0 Å². The van der Waals surface area contributed by atoms with Crippen LogP contribution in [0.25, 0.3) is 27.6 Å². The van der Waals surface area contributed by atoms with E-state index in [1.54, 1.807) is 0 Å². The highest BCUT2D eigenvalue weighted by Crippen LogP contribution is 2.46. The van der Waals surface area contributed by atoms with E-state index in [2.05, 4.69) is 119 Å². The molecule has 8 rings (SSSR count). The molecule has 1 aliphatic rings. The normalized spacial score (nSPS) is 12.7. The highest BCUT2D eigenvalue weighted by Gasteiger charge is 2.31. The second-order valence-corrected chi connectivity index (χ2v) is 11.9. The summed E-state index contributed by atoms with van der Waals surface area (Å²) in [4.78, 5) is 14.3. The molecule has 0 atom stereocenters. The molecule has 45 heavy (non-hydrogen) atoms. The Morgan fingerprint density at radius 3 is 2.24 bits per heavy atom. The van der Waals surface area contributed by atoms with Gasteiger partial charge in [0.1, 0.15) is 24.0 Å². The van der Waals surface area contributed by atoms with Crippen LogP contribution in [0.1, 0.15) is 22.4 Å². The Morgan fingerprint density at radius 1 is 0.644 bits per heavy atom. The zero-order valence-electron chi connectivity index (χ0n) is 25.8. The zero-order valence-corrected chi connectivity index (χ0v) is 25.8. The van der Waals surface area contributed by atoms with Crippen molar-refractivity contribution in [1.29, 1.82) is 0 Å². The van der Waals surface area contributed by atoms with E-state index in [-0.39, 0.29) is 0 Å². The molecule has 4 aromatic carbocycles. The summed E-state index contributed by atoms with van der Waals surface area (Å²) in [6.07, 6.45) is 1.83. The molecular weight excluding hydrogens is 554 g/mol. The average molecular weight is 588 g/mol. The van der Waals surface area contributed by atoms with Gasteiger partial charge in [0.25, 0.3) is 0 Å². The van der Waals surface area contributed by atoms with Gasteiger partial charge in [-0.25, -0.2) is 9.97 Å². The van der Waals surface area contributed by atoms with Crippen LogP contribution in [0.3, 0.4) is 0 Å². The van der Waals surface area contributed by atoms with E-state index in [4.69, 9.17) is 9.72 Å². The molecule has 220 valence electrons. The Labute approximate surface area is 262 Å². The van der Waals surface area contributed by atoms with Crippen molar-refractivity contribution in [3.8, 4) is 17.3 Å². The molecule has 0 saturated carbocycles. The number of benzene rings is 4. The average Bonchev–Trinajstić information content (AvgIpc) is 3.56. The molecule has 4 heterocycles. The number of aryl methyl sites for hydroxylation is 4. The third-order valence-corrected chi connectivity index (χ3v) is 8.62. The Hall–Kier alpha value is -5.62. The molecular formula is C39H33N5O. The summed E-state index contributed by atoms with van der Waals surface area (Å²) in [5, 5.41) is 2.35. The van der Waals surface area contributed by atoms with Crippen LogP contribution in [-0.4, -0.2) is 21.2 Å². The Kier molecular flexibility index (Phi) is 6.31. The fourth-order valence-corrected chi connectivity index (χ4v) is 6.82. The van der Waals surface area contributed by atoms with Crippen LogP contribution in [0.2, 0.25) is 0 Å². The van der Waals surface area contributed by atoms with Gasteiger partial charge in [-0.3, -0.25) is 4.57 Å². The van der Waals surface area contributed by atoms with Gasteiger partial charge in [-0.15, -0.1) is 0 Å². The highest BCUT2D eigenvalue weighted by atomic mass is 16.5. The van der Waals surface area contributed by atoms with Gasteiger partial charge in [0.2, 0.25) is 0 Å². The number of rotatable bonds is 5. The van der Waals surface area contributed by atoms with Crippen LogP contribution >= 0.6 is 0 Å². The Bertz CT molecular complexity index is 2210. The van der Waals surface area contributed by atoms with E-state index < -0.39 is 0 Å². The summed E-state index contributed by atoms with van der Waals surface area (Å²) in [5.74, 6) is 3.36. The van der Waals surface area contributed by atoms with Crippen molar-refractivity contribution in [2.75, 3.05) is 16.5 Å². The zero-order chi connectivity index (χ0) is 30.7. The first-order valence-corrected chi connectivity index (χ1v) is 15.3. The molecule has 6 heteroatoms. The van der Waals surface area contributed by atoms with Crippen LogP contribution in [0.15, 0.2) is 115 Å². The summed E-state index contributed by atoms with van der Waals surface area (Å²) in [7, 11) is 0. The molecule has 0 bridgehead atoms. The van der Waals surface area contributed by atoms with Crippen molar-refractivity contribution in [2.24, 2.45) is 0 Å². The predicted octanol–water partition coefficient (Wildman–Crippen LogP) is 9.85. The molecule has 3 aromatic heterocycles. The third kappa shape index (κ3) is 4.57. The van der Waals surface area contributed by atoms with E-state index in [1.807, 2.05) is 43.5 Å². The quantitative estimate of drug-likeness (QED) is 0.201. The van der Waals surface area contributed by atoms with Gasteiger partial charge in [0.15, 0.2) is 5.82 Å². The first kappa shape index (κ1) is 27.0. The lowest BCUT2D eigenvalue weighted by Crippen LogP contribution is -2.25. The van der Waals surface area contributed by atoms with Gasteiger partial charge in [0.05, 0.1) is 16.7 Å². The number of ether oxygens (including phenoxy) is 1. The molecule has 0 fully saturated rings. The lowest BCUT2D eigenvalue weighted by atomic mass is 10.0. The molecule has 0 radical (unpaired) electrons. The number of anilines is 4. The van der Waals surface area contributed by atoms with Crippen molar-refractivity contribution in [3.63, 3.8) is 0 Å². The number of fused-ring (bicyclic) bond motifs is 4. The van der Waals surface area contributed by atoms with Gasteiger partial charge in [-0.2, -0.15) is 0 Å². The van der Waals surface area contributed by atoms with Crippen molar-refractivity contribution >= 4 is 44.7 Å². The number of nitrogens with zero attached hydrogens (tertiary/aromatic N) is 5. The van der Waals surface area contributed by atoms with Crippen molar-refractivity contribution < 1.29 is 4.74 Å². The number of hydrogen-bond donors (Lipinski definition) is 0. The number of para-hydroxylation sites is 1. The fraction of sp³-hybridized carbons (Fsp3) is 0.128. The summed E-state index contributed by atoms with van der Waals surface area (Å²) < 4.78 is 8.75. The van der Waals surface area contributed by atoms with E-state index in [1.165, 1.54) is 27.8 Å². The summed E-state index contributed by atoms with van der Waals surface area (Å²) in [6, 6.07) is 37.8. The second-order valence-electron chi connectivity index (χ2n) is 11.9. The molecule has 6 nitrogen and oxygen atoms in total. The predicted molar refractivity (Wildman–Crippen MR) is 184 cm³/mol. The second kappa shape index (κ2) is 10.5. The molecule has 0 unspecified atom stereocenters. The number of pyridine rings is 2. The Balaban J connectivity index is 1.17. The molecule has 0 amide bonds. The summed E-state index contributed by atoms with van der Waals surface area (Å²) in [6.45, 7) is 9.25. The minimum absolute atomic E-state index is 0.663.